The molecule has 2 aromatic heterocycles. The molecule has 1 fully saturated rings. The van der Waals surface area contributed by atoms with Crippen LogP contribution in [0.3, 0.4) is 0 Å². The summed E-state index contributed by atoms with van der Waals surface area (Å²) in [5.74, 6) is 0.687. The molecule has 1 unspecified atom stereocenters. The molecule has 3 aromatic rings. The molecule has 1 amide bonds. The van der Waals surface area contributed by atoms with Gasteiger partial charge < -0.3 is 9.64 Å². The van der Waals surface area contributed by atoms with Crippen molar-refractivity contribution in [1.82, 2.24) is 24.5 Å². The topological polar surface area (TPSA) is 107 Å². The summed E-state index contributed by atoms with van der Waals surface area (Å²) in [7, 11) is -3.53. The van der Waals surface area contributed by atoms with E-state index in [1.54, 1.807) is 35.2 Å². The van der Waals surface area contributed by atoms with Gasteiger partial charge in [0.25, 0.3) is 11.7 Å². The van der Waals surface area contributed by atoms with Crippen molar-refractivity contribution in [3.05, 3.63) is 60.7 Å². The number of carbonyl (C=O) groups is 1. The molecule has 1 aromatic carbocycles. The molecule has 3 heterocycles. The Hall–Kier alpha value is -3.27. The third-order valence-corrected chi connectivity index (χ3v) is 6.39. The van der Waals surface area contributed by atoms with Crippen LogP contribution in [-0.2, 0) is 9.84 Å². The number of amides is 1. The average molecular weight is 442 g/mol. The highest BCUT2D eigenvalue weighted by atomic mass is 32.2. The second kappa shape index (κ2) is 8.46. The minimum atomic E-state index is -3.53. The van der Waals surface area contributed by atoms with Gasteiger partial charge in [0.05, 0.1) is 11.9 Å². The smallest absolute Gasteiger partial charge is 0.253 e. The van der Waals surface area contributed by atoms with Gasteiger partial charge in [-0.2, -0.15) is 14.6 Å². The lowest BCUT2D eigenvalue weighted by Gasteiger charge is -2.33. The van der Waals surface area contributed by atoms with Gasteiger partial charge in [0, 0.05) is 30.8 Å². The summed E-state index contributed by atoms with van der Waals surface area (Å²) in [5.41, 5.74) is 1.08. The Kier molecular flexibility index (Phi) is 5.73. The lowest BCUT2D eigenvalue weighted by atomic mass is 9.94. The molecule has 1 saturated heterocycles. The van der Waals surface area contributed by atoms with Gasteiger partial charge in [-0.3, -0.25) is 4.79 Å². The zero-order chi connectivity index (χ0) is 22.0. The Bertz CT molecular complexity index is 1220. The van der Waals surface area contributed by atoms with E-state index in [0.29, 0.717) is 42.5 Å². The monoisotopic (exact) mass is 441 g/mol. The van der Waals surface area contributed by atoms with E-state index in [4.69, 9.17) is 4.74 Å². The third kappa shape index (κ3) is 4.29. The van der Waals surface area contributed by atoms with Crippen LogP contribution in [0.15, 0.2) is 54.3 Å². The van der Waals surface area contributed by atoms with Crippen molar-refractivity contribution in [1.29, 1.82) is 0 Å². The molecule has 10 heteroatoms. The van der Waals surface area contributed by atoms with E-state index >= 15 is 0 Å². The molecule has 162 valence electrons. The molecule has 0 bridgehead atoms. The average Bonchev–Trinajstić information content (AvgIpc) is 3.25. The van der Waals surface area contributed by atoms with Crippen LogP contribution in [0.5, 0.6) is 5.75 Å². The largest absolute Gasteiger partial charge is 0.490 e. The number of carbonyl (C=O) groups excluding carboxylic acids is 1. The lowest BCUT2D eigenvalue weighted by Crippen LogP contribution is -2.40. The molecule has 1 aliphatic rings. The SMILES string of the molecule is C=CCOc1ccc(C(=O)N2CCCC(c3c(S(C)(=O)=O)cnc4ncnn34)C2)cc1. The van der Waals surface area contributed by atoms with E-state index in [1.807, 2.05) is 0 Å². The molecule has 31 heavy (non-hydrogen) atoms. The normalized spacial score (nSPS) is 16.9. The summed E-state index contributed by atoms with van der Waals surface area (Å²) in [6.07, 6.45) is 6.97. The van der Waals surface area contributed by atoms with Crippen LogP contribution in [-0.4, -0.2) is 64.8 Å². The highest BCUT2D eigenvalue weighted by molar-refractivity contribution is 7.90. The molecule has 4 rings (SSSR count). The van der Waals surface area contributed by atoms with E-state index in [1.165, 1.54) is 17.0 Å². The molecule has 1 atom stereocenters. The first-order chi connectivity index (χ1) is 14.9. The van der Waals surface area contributed by atoms with Crippen molar-refractivity contribution >= 4 is 21.5 Å². The van der Waals surface area contributed by atoms with E-state index in [0.717, 1.165) is 19.1 Å². The number of ether oxygens (including phenoxy) is 1. The number of benzene rings is 1. The van der Waals surface area contributed by atoms with Crippen LogP contribution in [0.25, 0.3) is 5.78 Å². The summed E-state index contributed by atoms with van der Waals surface area (Å²) in [6, 6.07) is 6.96. The summed E-state index contributed by atoms with van der Waals surface area (Å²) >= 11 is 0. The molecule has 9 nitrogen and oxygen atoms in total. The molecule has 0 saturated carbocycles. The van der Waals surface area contributed by atoms with Crippen LogP contribution >= 0.6 is 0 Å². The van der Waals surface area contributed by atoms with Crippen molar-refractivity contribution in [2.45, 2.75) is 23.7 Å². The van der Waals surface area contributed by atoms with Gasteiger partial charge in [-0.1, -0.05) is 12.7 Å². The molecule has 0 spiro atoms. The highest BCUT2D eigenvalue weighted by Gasteiger charge is 2.31. The van der Waals surface area contributed by atoms with Crippen molar-refractivity contribution in [3.63, 3.8) is 0 Å². The van der Waals surface area contributed by atoms with Crippen molar-refractivity contribution in [2.75, 3.05) is 26.0 Å². The Balaban J connectivity index is 1.61. The second-order valence-electron chi connectivity index (χ2n) is 7.47. The number of sulfone groups is 1. The molecule has 1 aliphatic heterocycles. The lowest BCUT2D eigenvalue weighted by molar-refractivity contribution is 0.0704. The number of hydrogen-bond acceptors (Lipinski definition) is 7. The van der Waals surface area contributed by atoms with E-state index < -0.39 is 9.84 Å². The fourth-order valence-electron chi connectivity index (χ4n) is 3.86. The summed E-state index contributed by atoms with van der Waals surface area (Å²) in [5, 5.41) is 4.18. The van der Waals surface area contributed by atoms with Crippen molar-refractivity contribution in [2.24, 2.45) is 0 Å². The number of rotatable bonds is 6. The standard InChI is InChI=1S/C21H23N5O4S/c1-3-11-30-17-8-6-15(7-9-17)20(27)25-10-4-5-16(13-25)19-18(31(2,28)29)12-22-21-23-14-24-26(19)21/h3,6-9,12,14,16H,1,4-5,10-11,13H2,2H3. The first-order valence-electron chi connectivity index (χ1n) is 9.90. The maximum absolute atomic E-state index is 13.1. The van der Waals surface area contributed by atoms with Crippen LogP contribution in [0.2, 0.25) is 0 Å². The van der Waals surface area contributed by atoms with E-state index in [-0.39, 0.29) is 16.7 Å². The van der Waals surface area contributed by atoms with Gasteiger partial charge in [0.2, 0.25) is 0 Å². The zero-order valence-corrected chi connectivity index (χ0v) is 18.0. The Morgan fingerprint density at radius 3 is 2.77 bits per heavy atom. The number of aromatic nitrogens is 4. The Morgan fingerprint density at radius 1 is 1.29 bits per heavy atom. The summed E-state index contributed by atoms with van der Waals surface area (Å²) < 4.78 is 31.8. The molecular weight excluding hydrogens is 418 g/mol. The Labute approximate surface area is 180 Å². The van der Waals surface area contributed by atoms with Crippen LogP contribution in [0.1, 0.15) is 34.8 Å². The molecule has 0 radical (unpaired) electrons. The van der Waals surface area contributed by atoms with E-state index in [2.05, 4.69) is 21.6 Å². The van der Waals surface area contributed by atoms with Gasteiger partial charge in [0.1, 0.15) is 23.6 Å². The quantitative estimate of drug-likeness (QED) is 0.539. The van der Waals surface area contributed by atoms with Gasteiger partial charge in [-0.05, 0) is 37.1 Å². The summed E-state index contributed by atoms with van der Waals surface area (Å²) in [6.45, 7) is 4.99. The number of hydrogen-bond donors (Lipinski definition) is 0. The second-order valence-corrected chi connectivity index (χ2v) is 9.45. The Morgan fingerprint density at radius 2 is 2.06 bits per heavy atom. The van der Waals surface area contributed by atoms with Crippen LogP contribution in [0, 0.1) is 0 Å². The number of nitrogens with zero attached hydrogens (tertiary/aromatic N) is 5. The summed E-state index contributed by atoms with van der Waals surface area (Å²) in [4.78, 5) is 23.2. The van der Waals surface area contributed by atoms with Crippen LogP contribution < -0.4 is 4.74 Å². The predicted octanol–water partition coefficient (Wildman–Crippen LogP) is 2.11. The molecular formula is C21H23N5O4S. The minimum absolute atomic E-state index is 0.107. The highest BCUT2D eigenvalue weighted by Crippen LogP contribution is 2.32. The molecule has 0 aliphatic carbocycles. The van der Waals surface area contributed by atoms with Gasteiger partial charge >= 0.3 is 0 Å². The number of piperidine rings is 1. The predicted molar refractivity (Wildman–Crippen MR) is 114 cm³/mol. The maximum Gasteiger partial charge on any atom is 0.253 e. The zero-order valence-electron chi connectivity index (χ0n) is 17.1. The van der Waals surface area contributed by atoms with E-state index in [9.17, 15) is 13.2 Å². The number of fused-ring (bicyclic) bond motifs is 1. The van der Waals surface area contributed by atoms with Gasteiger partial charge in [-0.15, -0.1) is 0 Å². The fraction of sp³-hybridized carbons (Fsp3) is 0.333. The fourth-order valence-corrected chi connectivity index (χ4v) is 4.73. The first kappa shape index (κ1) is 21.0. The van der Waals surface area contributed by atoms with Crippen molar-refractivity contribution < 1.29 is 17.9 Å². The van der Waals surface area contributed by atoms with Crippen molar-refractivity contribution in [3.8, 4) is 5.75 Å². The van der Waals surface area contributed by atoms with Gasteiger partial charge in [0.15, 0.2) is 9.84 Å². The first-order valence-corrected chi connectivity index (χ1v) is 11.8. The minimum Gasteiger partial charge on any atom is -0.490 e. The van der Waals surface area contributed by atoms with Gasteiger partial charge in [-0.25, -0.2) is 13.4 Å². The third-order valence-electron chi connectivity index (χ3n) is 5.27. The number of likely N-dealkylation sites (tertiary alicyclic amines) is 1. The molecule has 0 N–H and O–H groups in total. The maximum atomic E-state index is 13.1. The van der Waals surface area contributed by atoms with Crippen LogP contribution in [0.4, 0.5) is 0 Å².